The van der Waals surface area contributed by atoms with Gasteiger partial charge in [0, 0.05) is 20.2 Å². The molecule has 8 heteroatoms. The molecule has 0 fully saturated rings. The van der Waals surface area contributed by atoms with Crippen molar-refractivity contribution >= 4 is 46.5 Å². The highest BCUT2D eigenvalue weighted by Crippen LogP contribution is 2.29. The van der Waals surface area contributed by atoms with Gasteiger partial charge in [-0.3, -0.25) is 10.1 Å². The van der Waals surface area contributed by atoms with Gasteiger partial charge >= 0.3 is 0 Å². The predicted molar refractivity (Wildman–Crippen MR) is 109 cm³/mol. The summed E-state index contributed by atoms with van der Waals surface area (Å²) in [4.78, 5) is 20.1. The number of nitro benzene ring substituents is 1. The van der Waals surface area contributed by atoms with E-state index >= 15 is 0 Å². The fourth-order valence-corrected chi connectivity index (χ4v) is 2.73. The molecule has 0 radical (unpaired) electrons. The molecule has 1 heterocycles. The maximum Gasteiger partial charge on any atom is 0.293 e. The molecule has 0 aliphatic rings. The van der Waals surface area contributed by atoms with Gasteiger partial charge in [-0.2, -0.15) is 5.26 Å². The Morgan fingerprint density at radius 3 is 2.67 bits per heavy atom. The van der Waals surface area contributed by atoms with Crippen LogP contribution in [0.4, 0.5) is 11.4 Å². The zero-order valence-electron chi connectivity index (χ0n) is 15.1. The van der Waals surface area contributed by atoms with E-state index in [9.17, 15) is 15.4 Å². The molecule has 138 valence electrons. The summed E-state index contributed by atoms with van der Waals surface area (Å²) in [5, 5.41) is 20.8. The summed E-state index contributed by atoms with van der Waals surface area (Å²) in [6.45, 7) is 1.98. The third-order valence-corrected chi connectivity index (χ3v) is 4.00. The number of nitrogens with zero attached hydrogens (tertiary/aromatic N) is 4. The van der Waals surface area contributed by atoms with Crippen LogP contribution in [0.2, 0.25) is 0 Å². The van der Waals surface area contributed by atoms with Crippen LogP contribution in [0.5, 0.6) is 0 Å². The van der Waals surface area contributed by atoms with Gasteiger partial charge in [-0.05, 0) is 42.3 Å². The number of halogens is 1. The number of hydrogen-bond donors (Lipinski definition) is 1. The maximum absolute atomic E-state index is 11.3. The molecule has 0 atom stereocenters. The lowest BCUT2D eigenvalue weighted by Gasteiger charge is -2.12. The van der Waals surface area contributed by atoms with Crippen molar-refractivity contribution < 1.29 is 4.92 Å². The molecule has 0 saturated carbocycles. The van der Waals surface area contributed by atoms with Crippen LogP contribution in [0.1, 0.15) is 17.0 Å². The van der Waals surface area contributed by atoms with Gasteiger partial charge in [0.05, 0.1) is 21.5 Å². The fraction of sp³-hybridized carbons (Fsp3) is 0.158. The third-order valence-electron chi connectivity index (χ3n) is 4.00. The van der Waals surface area contributed by atoms with E-state index in [0.29, 0.717) is 22.6 Å². The standard InChI is InChI=1S/C19H17N5O2.ClH/c1-12-4-6-15-16(8-12)22-19(21-15)14(11-20)9-13-5-7-17(23(2)3)18(10-13)24(25)26;/h4-10H,1-3H3,(H,21,22);1H. The zero-order valence-corrected chi connectivity index (χ0v) is 15.9. The van der Waals surface area contributed by atoms with Crippen LogP contribution >= 0.6 is 12.4 Å². The summed E-state index contributed by atoms with van der Waals surface area (Å²) in [5.41, 5.74) is 4.06. The van der Waals surface area contributed by atoms with Crippen molar-refractivity contribution in [3.63, 3.8) is 0 Å². The number of aromatic amines is 1. The van der Waals surface area contributed by atoms with Gasteiger partial charge in [0.2, 0.25) is 0 Å². The first-order valence-corrected chi connectivity index (χ1v) is 7.93. The molecule has 3 aromatic rings. The van der Waals surface area contributed by atoms with Gasteiger partial charge in [0.1, 0.15) is 17.6 Å². The van der Waals surface area contributed by atoms with E-state index in [4.69, 9.17) is 0 Å². The summed E-state index contributed by atoms with van der Waals surface area (Å²) < 4.78 is 0. The lowest BCUT2D eigenvalue weighted by molar-refractivity contribution is -0.384. The van der Waals surface area contributed by atoms with Crippen LogP contribution < -0.4 is 4.90 Å². The van der Waals surface area contributed by atoms with Crippen molar-refractivity contribution in [1.29, 1.82) is 5.26 Å². The number of allylic oxidation sites excluding steroid dienone is 1. The number of nitriles is 1. The predicted octanol–water partition coefficient (Wildman–Crippen LogP) is 4.33. The zero-order chi connectivity index (χ0) is 18.8. The first-order valence-electron chi connectivity index (χ1n) is 7.93. The van der Waals surface area contributed by atoms with Gasteiger partial charge < -0.3 is 9.88 Å². The second-order valence-electron chi connectivity index (χ2n) is 6.18. The van der Waals surface area contributed by atoms with E-state index in [1.807, 2.05) is 25.1 Å². The Balaban J connectivity index is 0.00000261. The summed E-state index contributed by atoms with van der Waals surface area (Å²) in [7, 11) is 3.49. The highest BCUT2D eigenvalue weighted by Gasteiger charge is 2.16. The molecule has 27 heavy (non-hydrogen) atoms. The molecule has 0 unspecified atom stereocenters. The number of fused-ring (bicyclic) bond motifs is 1. The minimum absolute atomic E-state index is 0. The molecule has 7 nitrogen and oxygen atoms in total. The number of anilines is 1. The molecule has 1 N–H and O–H groups in total. The van der Waals surface area contributed by atoms with Crippen molar-refractivity contribution in [2.75, 3.05) is 19.0 Å². The molecule has 0 bridgehead atoms. The molecule has 0 spiro atoms. The number of H-pyrrole nitrogens is 1. The molecule has 0 aliphatic heterocycles. The van der Waals surface area contributed by atoms with Crippen LogP contribution in [0.3, 0.4) is 0 Å². The quantitative estimate of drug-likeness (QED) is 0.410. The van der Waals surface area contributed by atoms with E-state index in [-0.39, 0.29) is 18.1 Å². The van der Waals surface area contributed by atoms with E-state index in [1.165, 1.54) is 6.07 Å². The molecule has 2 aromatic carbocycles. The number of aryl methyl sites for hydroxylation is 1. The Kier molecular flexibility index (Phi) is 5.83. The average molecular weight is 384 g/mol. The molecule has 1 aromatic heterocycles. The topological polar surface area (TPSA) is 98.8 Å². The summed E-state index contributed by atoms with van der Waals surface area (Å²) >= 11 is 0. The van der Waals surface area contributed by atoms with E-state index in [0.717, 1.165) is 16.6 Å². The van der Waals surface area contributed by atoms with Gasteiger partial charge in [-0.25, -0.2) is 4.98 Å². The summed E-state index contributed by atoms with van der Waals surface area (Å²) in [6.07, 6.45) is 1.59. The van der Waals surface area contributed by atoms with Crippen LogP contribution in [-0.4, -0.2) is 29.0 Å². The lowest BCUT2D eigenvalue weighted by Crippen LogP contribution is -2.11. The van der Waals surface area contributed by atoms with E-state index in [1.54, 1.807) is 37.2 Å². The number of nitrogens with one attached hydrogen (secondary N) is 1. The number of hydrogen-bond acceptors (Lipinski definition) is 5. The number of benzene rings is 2. The van der Waals surface area contributed by atoms with Gasteiger partial charge in [0.15, 0.2) is 0 Å². The van der Waals surface area contributed by atoms with Gasteiger partial charge in [0.25, 0.3) is 5.69 Å². The minimum atomic E-state index is -0.428. The summed E-state index contributed by atoms with van der Waals surface area (Å²) in [6, 6.07) is 12.8. The highest BCUT2D eigenvalue weighted by atomic mass is 35.5. The lowest BCUT2D eigenvalue weighted by atomic mass is 10.1. The van der Waals surface area contributed by atoms with E-state index in [2.05, 4.69) is 16.0 Å². The normalized spacial score (nSPS) is 11.0. The third kappa shape index (κ3) is 4.07. The minimum Gasteiger partial charge on any atom is -0.372 e. The van der Waals surface area contributed by atoms with Crippen LogP contribution in [-0.2, 0) is 0 Å². The average Bonchev–Trinajstić information content (AvgIpc) is 3.02. The second kappa shape index (κ2) is 7.89. The Morgan fingerprint density at radius 1 is 1.30 bits per heavy atom. The molecule has 0 amide bonds. The molecular formula is C19H18ClN5O2. The first kappa shape index (κ1) is 19.9. The number of nitro groups is 1. The van der Waals surface area contributed by atoms with Crippen LogP contribution in [0, 0.1) is 28.4 Å². The molecular weight excluding hydrogens is 366 g/mol. The van der Waals surface area contributed by atoms with Crippen LogP contribution in [0.15, 0.2) is 36.4 Å². The fourth-order valence-electron chi connectivity index (χ4n) is 2.73. The SMILES string of the molecule is Cc1ccc2nc(C(C#N)=Cc3ccc(N(C)C)c([N+](=O)[O-])c3)[nH]c2c1.Cl. The first-order chi connectivity index (χ1) is 12.4. The van der Waals surface area contributed by atoms with Crippen molar-refractivity contribution in [3.8, 4) is 6.07 Å². The van der Waals surface area contributed by atoms with Crippen LogP contribution in [0.25, 0.3) is 22.7 Å². The molecule has 3 rings (SSSR count). The molecule has 0 aliphatic carbocycles. The Labute approximate surface area is 162 Å². The maximum atomic E-state index is 11.3. The Hall–Kier alpha value is -3.37. The van der Waals surface area contributed by atoms with Crippen molar-refractivity contribution in [2.45, 2.75) is 6.92 Å². The number of rotatable bonds is 4. The molecule has 0 saturated heterocycles. The largest absolute Gasteiger partial charge is 0.372 e. The Morgan fingerprint density at radius 2 is 2.04 bits per heavy atom. The van der Waals surface area contributed by atoms with Crippen molar-refractivity contribution in [1.82, 2.24) is 9.97 Å². The Bertz CT molecular complexity index is 1080. The van der Waals surface area contributed by atoms with Gasteiger partial charge in [-0.1, -0.05) is 12.1 Å². The van der Waals surface area contributed by atoms with Crippen molar-refractivity contribution in [3.05, 3.63) is 63.5 Å². The van der Waals surface area contributed by atoms with Gasteiger partial charge in [-0.15, -0.1) is 12.4 Å². The highest BCUT2D eigenvalue weighted by molar-refractivity contribution is 5.91. The second-order valence-corrected chi connectivity index (χ2v) is 6.18. The van der Waals surface area contributed by atoms with E-state index < -0.39 is 4.92 Å². The van der Waals surface area contributed by atoms with Crippen molar-refractivity contribution in [2.24, 2.45) is 0 Å². The number of imidazole rings is 1. The number of aromatic nitrogens is 2. The smallest absolute Gasteiger partial charge is 0.293 e. The monoisotopic (exact) mass is 383 g/mol. The summed E-state index contributed by atoms with van der Waals surface area (Å²) in [5.74, 6) is 0.437.